The minimum Gasteiger partial charge on any atom is -0.310 e. The summed E-state index contributed by atoms with van der Waals surface area (Å²) in [6.07, 6.45) is 0. The van der Waals surface area contributed by atoms with Gasteiger partial charge in [-0.15, -0.1) is 11.3 Å². The van der Waals surface area contributed by atoms with E-state index in [2.05, 4.69) is 341 Å². The molecule has 17 aromatic carbocycles. The largest absolute Gasteiger partial charge is 0.310 e. The van der Waals surface area contributed by atoms with Crippen LogP contribution in [0.3, 0.4) is 0 Å². The molecule has 19 aromatic rings. The number of aromatic nitrogens is 1. The summed E-state index contributed by atoms with van der Waals surface area (Å²) in [5.74, 6) is 0. The van der Waals surface area contributed by atoms with E-state index in [9.17, 15) is 10.7 Å². The maximum absolute atomic E-state index is 10.3. The van der Waals surface area contributed by atoms with Gasteiger partial charge < -0.3 is 24.2 Å². The fourth-order valence-corrected chi connectivity index (χ4v) is 18.4. The summed E-state index contributed by atoms with van der Waals surface area (Å²) < 4.78 is 51.7. The monoisotopic (exact) mass is 1440 g/mol. The van der Waals surface area contributed by atoms with E-state index in [0.717, 1.165) is 145 Å². The predicted molar refractivity (Wildman–Crippen MR) is 469 cm³/mol. The lowest BCUT2D eigenvalue weighted by molar-refractivity contribution is 1.18. The van der Waals surface area contributed by atoms with E-state index in [0.29, 0.717) is 16.9 Å². The second-order valence-corrected chi connectivity index (χ2v) is 29.3. The lowest BCUT2D eigenvalue weighted by atomic mass is 9.33. The Labute approximate surface area is 656 Å². The van der Waals surface area contributed by atoms with Crippen LogP contribution in [-0.2, 0) is 0 Å². The highest BCUT2D eigenvalue weighted by Crippen LogP contribution is 2.56. The number of nitriles is 1. The van der Waals surface area contributed by atoms with E-state index >= 15 is 0 Å². The van der Waals surface area contributed by atoms with Gasteiger partial charge in [0, 0.05) is 116 Å². The minimum atomic E-state index is -0.501. The smallest absolute Gasteiger partial charge is 0.252 e. The highest BCUT2D eigenvalue weighted by molar-refractivity contribution is 7.26. The van der Waals surface area contributed by atoms with Gasteiger partial charge in [-0.05, 0) is 183 Å². The third-order valence-corrected chi connectivity index (χ3v) is 23.1. The summed E-state index contributed by atoms with van der Waals surface area (Å²) in [7, 11) is 0. The van der Waals surface area contributed by atoms with Crippen molar-refractivity contribution in [1.29, 1.82) is 5.26 Å². The van der Waals surface area contributed by atoms with Crippen molar-refractivity contribution in [2.75, 3.05) is 19.6 Å². The third-order valence-electron chi connectivity index (χ3n) is 22.0. The molecule has 0 radical (unpaired) electrons. The average Bonchev–Trinajstić information content (AvgIpc) is 0.713. The Balaban J connectivity index is 0.925. The first-order valence-corrected chi connectivity index (χ1v) is 38.2. The summed E-state index contributed by atoms with van der Waals surface area (Å²) in [5.41, 5.74) is 26.4. The summed E-state index contributed by atoms with van der Waals surface area (Å²) in [4.78, 5) is 9.17. The number of hydrogen-bond donors (Lipinski definition) is 0. The zero-order valence-corrected chi connectivity index (χ0v) is 60.8. The van der Waals surface area contributed by atoms with E-state index in [4.69, 9.17) is 1.37 Å². The molecule has 0 saturated carbocycles. The topological polar surface area (TPSA) is 41.7 Å². The maximum Gasteiger partial charge on any atom is 0.252 e. The van der Waals surface area contributed by atoms with Gasteiger partial charge in [0.2, 0.25) is 0 Å². The molecule has 0 saturated heterocycles. The molecule has 2 aromatic heterocycles. The van der Waals surface area contributed by atoms with Crippen LogP contribution in [0, 0.1) is 11.3 Å². The number of thiophene rings is 1. The van der Waals surface area contributed by atoms with E-state index in [1.165, 1.54) is 26.2 Å². The maximum atomic E-state index is 10.3. The van der Waals surface area contributed by atoms with Gasteiger partial charge >= 0.3 is 0 Å². The zero-order valence-electron chi connectivity index (χ0n) is 65.0. The lowest BCUT2D eigenvalue weighted by Crippen LogP contribution is -2.61. The fourth-order valence-electron chi connectivity index (χ4n) is 17.3. The molecular formula is C103H67BN6S. The molecule has 0 N–H and O–H groups in total. The van der Waals surface area contributed by atoms with E-state index in [-0.39, 0.29) is 17.8 Å². The quantitative estimate of drug-likeness (QED) is 0.102. The van der Waals surface area contributed by atoms with E-state index < -0.39 is 24.8 Å². The summed E-state index contributed by atoms with van der Waals surface area (Å²) in [5, 5.41) is 15.1. The molecule has 21 rings (SSSR count). The highest BCUT2D eigenvalue weighted by atomic mass is 32.1. The average molecular weight is 1440 g/mol. The number of hydrogen-bond acceptors (Lipinski definition) is 6. The first-order chi connectivity index (χ1) is 57.1. The highest BCUT2D eigenvalue weighted by Gasteiger charge is 2.46. The van der Waals surface area contributed by atoms with Gasteiger partial charge in [-0.3, -0.25) is 0 Å². The van der Waals surface area contributed by atoms with Crippen molar-refractivity contribution in [3.8, 4) is 67.4 Å². The molecule has 111 heavy (non-hydrogen) atoms. The Morgan fingerprint density at radius 2 is 0.766 bits per heavy atom. The van der Waals surface area contributed by atoms with Gasteiger partial charge in [0.25, 0.3) is 6.71 Å². The Bertz CT molecular complexity index is 7030. The number of rotatable bonds is 14. The predicted octanol–water partition coefficient (Wildman–Crippen LogP) is 26.4. The van der Waals surface area contributed by atoms with Crippen LogP contribution < -0.4 is 36.0 Å². The van der Waals surface area contributed by atoms with Crippen LogP contribution >= 0.6 is 11.3 Å². The second-order valence-electron chi connectivity index (χ2n) is 28.2. The Kier molecular flexibility index (Phi) is 14.5. The fraction of sp³-hybridized carbons (Fsp3) is 0. The molecular weight excluding hydrogens is 1360 g/mol. The summed E-state index contributed by atoms with van der Waals surface area (Å²) in [6.45, 7) is -0.501. The number of benzene rings is 17. The van der Waals surface area contributed by atoms with Crippen molar-refractivity contribution < 1.29 is 6.85 Å². The molecule has 2 aliphatic heterocycles. The van der Waals surface area contributed by atoms with Crippen molar-refractivity contribution in [2.45, 2.75) is 0 Å². The lowest BCUT2D eigenvalue weighted by Gasteiger charge is -2.46. The molecule has 0 bridgehead atoms. The van der Waals surface area contributed by atoms with Crippen LogP contribution in [0.5, 0.6) is 0 Å². The molecule has 8 heteroatoms. The molecule has 0 spiro atoms. The second kappa shape index (κ2) is 27.1. The molecule has 0 amide bonds. The SMILES string of the molecule is [2H]c1c([2H])c([2H])c(N(c2ccccc2)c2ccc3c(c2)N(c2c(-c4ccccc4)cccc2-c2ccccc2)c2cc(-c4ccc5c(c4)sc4ccc6c(c7ccccc7n6-c6ccccc6)c45)cc4c2B3c2ccc(N(c3ccccc3)c3ccc(C#N)cc3)cc2N4c2c(-c3ccccc3)cccc2-c2ccccc2)c([2H])c1[2H]. The van der Waals surface area contributed by atoms with E-state index in [1.54, 1.807) is 0 Å². The van der Waals surface area contributed by atoms with Gasteiger partial charge in [-0.2, -0.15) is 5.26 Å². The molecule has 0 fully saturated rings. The van der Waals surface area contributed by atoms with Gasteiger partial charge in [-0.25, -0.2) is 0 Å². The van der Waals surface area contributed by atoms with Gasteiger partial charge in [0.1, 0.15) is 0 Å². The van der Waals surface area contributed by atoms with Crippen molar-refractivity contribution in [3.63, 3.8) is 0 Å². The summed E-state index contributed by atoms with van der Waals surface area (Å²) in [6, 6.07) is 134. The molecule has 0 aliphatic carbocycles. The third kappa shape index (κ3) is 10.9. The van der Waals surface area contributed by atoms with Gasteiger partial charge in [-0.1, -0.05) is 273 Å². The molecule has 518 valence electrons. The normalized spacial score (nSPS) is 12.7. The first kappa shape index (κ1) is 59.6. The molecule has 4 heterocycles. The van der Waals surface area contributed by atoms with Crippen LogP contribution in [0.2, 0.25) is 0 Å². The van der Waals surface area contributed by atoms with Crippen molar-refractivity contribution in [3.05, 3.63) is 412 Å². The molecule has 0 atom stereocenters. The van der Waals surface area contributed by atoms with Crippen LogP contribution in [0.25, 0.3) is 103 Å². The number of nitrogens with zero attached hydrogens (tertiary/aromatic N) is 6. The van der Waals surface area contributed by atoms with Crippen LogP contribution in [0.1, 0.15) is 12.4 Å². The van der Waals surface area contributed by atoms with Gasteiger partial charge in [0.05, 0.1) is 40.9 Å². The van der Waals surface area contributed by atoms with Crippen LogP contribution in [-0.4, -0.2) is 11.3 Å². The van der Waals surface area contributed by atoms with Crippen LogP contribution in [0.4, 0.5) is 68.2 Å². The first-order valence-electron chi connectivity index (χ1n) is 39.9. The summed E-state index contributed by atoms with van der Waals surface area (Å²) >= 11 is 1.82. The Morgan fingerprint density at radius 1 is 0.315 bits per heavy atom. The van der Waals surface area contributed by atoms with E-state index in [1.807, 2.05) is 76.9 Å². The number of anilines is 12. The Hall–Kier alpha value is -14.5. The Morgan fingerprint density at radius 3 is 1.27 bits per heavy atom. The minimum absolute atomic E-state index is 0.0196. The van der Waals surface area contributed by atoms with Crippen LogP contribution in [0.15, 0.2) is 406 Å². The van der Waals surface area contributed by atoms with Crippen molar-refractivity contribution in [2.24, 2.45) is 0 Å². The molecule has 6 nitrogen and oxygen atoms in total. The zero-order chi connectivity index (χ0) is 77.8. The van der Waals surface area contributed by atoms with Crippen molar-refractivity contribution in [1.82, 2.24) is 4.57 Å². The number of fused-ring (bicyclic) bond motifs is 11. The standard InChI is InChI=1S/C103H67BN6S/c105-68-69-51-54-80(55-52-69)107(78-41-21-7-22-42-78)82-57-60-90-94(67-82)110(103-85(72-33-13-3-14-34-72)48-28-49-86(103)73-35-15-4-16-36-73)96-64-75(74-53-58-88-98(65-74)111-97-62-61-92-99(100(88)97)87-45-25-26-50-91(87)108(92)79-43-23-8-24-44-79)63-95-101(96)104(90)89-59-56-81(106(76-37-17-5-18-38-76)77-39-19-6-20-40-77)66-93(89)109(95)102-83(70-29-9-1-10-30-70)46-27-47-84(102)71-31-11-2-12-32-71/h1-67H/i5D,17D,18D,37D,38D. The van der Waals surface area contributed by atoms with Crippen molar-refractivity contribution >= 4 is 145 Å². The molecule has 2 aliphatic rings. The number of para-hydroxylation sites is 7. The molecule has 0 unspecified atom stereocenters. The van der Waals surface area contributed by atoms with Gasteiger partial charge in [0.15, 0.2) is 0 Å².